The van der Waals surface area contributed by atoms with Crippen LogP contribution >= 0.6 is 0 Å². The highest BCUT2D eigenvalue weighted by molar-refractivity contribution is 6.01. The fourth-order valence-corrected chi connectivity index (χ4v) is 1.59. The van der Waals surface area contributed by atoms with Gasteiger partial charge in [-0.25, -0.2) is 0 Å². The molecule has 0 aromatic heterocycles. The number of benzene rings is 1. The Kier molecular flexibility index (Phi) is 2.44. The minimum atomic E-state index is 0.438. The maximum absolute atomic E-state index is 4.48. The van der Waals surface area contributed by atoms with E-state index in [4.69, 9.17) is 0 Å². The average molecular weight is 173 g/mol. The smallest absolute Gasteiger partial charge is 0.113 e. The molecule has 68 valence electrons. The largest absolute Gasteiger partial charge is 0.277 e. The molecular formula is C12H15N. The zero-order valence-electron chi connectivity index (χ0n) is 8.03. The molecule has 2 rings (SSSR count). The van der Waals surface area contributed by atoms with E-state index in [1.54, 1.807) is 0 Å². The Balaban J connectivity index is 1.88. The third-order valence-corrected chi connectivity index (χ3v) is 2.44. The lowest BCUT2D eigenvalue weighted by atomic mass is 10.1. The molecule has 1 heteroatoms. The molecule has 0 fully saturated rings. The highest BCUT2D eigenvalue weighted by Gasteiger charge is 2.27. The highest BCUT2D eigenvalue weighted by Crippen LogP contribution is 2.33. The van der Waals surface area contributed by atoms with Gasteiger partial charge in [0.05, 0.1) is 0 Å². The summed E-state index contributed by atoms with van der Waals surface area (Å²) in [6, 6.07) is 11.0. The molecule has 1 aromatic rings. The molecule has 0 N–H and O–H groups in total. The summed E-state index contributed by atoms with van der Waals surface area (Å²) >= 11 is 0. The van der Waals surface area contributed by atoms with E-state index in [0.717, 1.165) is 0 Å². The Morgan fingerprint density at radius 1 is 1.23 bits per heavy atom. The van der Waals surface area contributed by atoms with E-state index >= 15 is 0 Å². The summed E-state index contributed by atoms with van der Waals surface area (Å²) < 4.78 is 0. The SMILES string of the molecule is CCCCC1=N[C@H]1c1ccccc1. The second-order valence-electron chi connectivity index (χ2n) is 3.54. The lowest BCUT2D eigenvalue weighted by Crippen LogP contribution is -1.90. The van der Waals surface area contributed by atoms with Gasteiger partial charge in [-0.2, -0.15) is 0 Å². The Bertz CT molecular complexity index is 300. The average Bonchev–Trinajstić information content (AvgIpc) is 2.95. The molecule has 0 saturated carbocycles. The van der Waals surface area contributed by atoms with Crippen molar-refractivity contribution >= 4 is 5.71 Å². The minimum Gasteiger partial charge on any atom is -0.277 e. The van der Waals surface area contributed by atoms with Crippen LogP contribution in [0.5, 0.6) is 0 Å². The van der Waals surface area contributed by atoms with E-state index in [1.165, 1.54) is 30.5 Å². The van der Waals surface area contributed by atoms with Crippen molar-refractivity contribution in [1.82, 2.24) is 0 Å². The first-order chi connectivity index (χ1) is 6.42. The van der Waals surface area contributed by atoms with Crippen molar-refractivity contribution in [3.8, 4) is 0 Å². The van der Waals surface area contributed by atoms with Gasteiger partial charge in [-0.1, -0.05) is 43.7 Å². The Morgan fingerprint density at radius 3 is 2.69 bits per heavy atom. The monoisotopic (exact) mass is 173 g/mol. The molecule has 0 unspecified atom stereocenters. The molecule has 0 saturated heterocycles. The fourth-order valence-electron chi connectivity index (χ4n) is 1.59. The van der Waals surface area contributed by atoms with E-state index in [0.29, 0.717) is 6.04 Å². The number of rotatable bonds is 4. The quantitative estimate of drug-likeness (QED) is 0.662. The number of unbranched alkanes of at least 4 members (excludes halogenated alkanes) is 1. The summed E-state index contributed by atoms with van der Waals surface area (Å²) in [5.41, 5.74) is 2.75. The first kappa shape index (κ1) is 8.49. The molecule has 0 spiro atoms. The van der Waals surface area contributed by atoms with Gasteiger partial charge in [-0.3, -0.25) is 4.99 Å². The van der Waals surface area contributed by atoms with Gasteiger partial charge in [0.2, 0.25) is 0 Å². The second-order valence-corrected chi connectivity index (χ2v) is 3.54. The van der Waals surface area contributed by atoms with Crippen LogP contribution < -0.4 is 0 Å². The van der Waals surface area contributed by atoms with Crippen LogP contribution in [0.25, 0.3) is 0 Å². The first-order valence-electron chi connectivity index (χ1n) is 5.03. The standard InChI is InChI=1S/C12H15N/c1-2-3-9-11-12(13-11)10-7-5-4-6-8-10/h4-8,12H,2-3,9H2,1H3/t12-/m0/s1. The highest BCUT2D eigenvalue weighted by atomic mass is 15.0. The zero-order chi connectivity index (χ0) is 9.10. The molecule has 0 aliphatic carbocycles. The van der Waals surface area contributed by atoms with Crippen molar-refractivity contribution in [2.45, 2.75) is 32.2 Å². The number of hydrogen-bond acceptors (Lipinski definition) is 1. The van der Waals surface area contributed by atoms with Crippen LogP contribution in [0.2, 0.25) is 0 Å². The van der Waals surface area contributed by atoms with Gasteiger partial charge in [0.25, 0.3) is 0 Å². The Labute approximate surface area is 79.5 Å². The molecule has 1 nitrogen and oxygen atoms in total. The summed E-state index contributed by atoms with van der Waals surface area (Å²) in [7, 11) is 0. The third kappa shape index (κ3) is 1.97. The van der Waals surface area contributed by atoms with Gasteiger partial charge in [-0.15, -0.1) is 0 Å². The van der Waals surface area contributed by atoms with Crippen LogP contribution in [-0.4, -0.2) is 5.71 Å². The van der Waals surface area contributed by atoms with E-state index in [1.807, 2.05) is 0 Å². The van der Waals surface area contributed by atoms with Gasteiger partial charge >= 0.3 is 0 Å². The molecule has 1 atom stereocenters. The van der Waals surface area contributed by atoms with E-state index in [9.17, 15) is 0 Å². The van der Waals surface area contributed by atoms with Crippen molar-refractivity contribution in [3.05, 3.63) is 35.9 Å². The van der Waals surface area contributed by atoms with Crippen LogP contribution in [0.15, 0.2) is 35.3 Å². The molecule has 1 aliphatic rings. The Morgan fingerprint density at radius 2 is 2.00 bits per heavy atom. The topological polar surface area (TPSA) is 12.4 Å². The molecule has 0 bridgehead atoms. The summed E-state index contributed by atoms with van der Waals surface area (Å²) in [5, 5.41) is 0. The normalized spacial score (nSPS) is 19.8. The van der Waals surface area contributed by atoms with Crippen molar-refractivity contribution in [3.63, 3.8) is 0 Å². The third-order valence-electron chi connectivity index (χ3n) is 2.44. The summed E-state index contributed by atoms with van der Waals surface area (Å²) in [5.74, 6) is 0. The molecule has 0 amide bonds. The molecule has 1 aliphatic heterocycles. The number of aliphatic imine (C=N–C) groups is 1. The molecule has 1 heterocycles. The van der Waals surface area contributed by atoms with Crippen molar-refractivity contribution in [1.29, 1.82) is 0 Å². The molecule has 0 radical (unpaired) electrons. The van der Waals surface area contributed by atoms with Crippen LogP contribution in [-0.2, 0) is 0 Å². The van der Waals surface area contributed by atoms with Crippen molar-refractivity contribution in [2.75, 3.05) is 0 Å². The van der Waals surface area contributed by atoms with Crippen molar-refractivity contribution in [2.24, 2.45) is 4.99 Å². The number of hydrogen-bond donors (Lipinski definition) is 0. The molecule has 1 aromatic carbocycles. The second kappa shape index (κ2) is 3.73. The molecule has 13 heavy (non-hydrogen) atoms. The predicted molar refractivity (Wildman–Crippen MR) is 56.1 cm³/mol. The zero-order valence-corrected chi connectivity index (χ0v) is 8.03. The van der Waals surface area contributed by atoms with E-state index in [2.05, 4.69) is 42.2 Å². The summed E-state index contributed by atoms with van der Waals surface area (Å²) in [6.07, 6.45) is 3.73. The predicted octanol–water partition coefficient (Wildman–Crippen LogP) is 3.37. The first-order valence-corrected chi connectivity index (χ1v) is 5.03. The lowest BCUT2D eigenvalue weighted by molar-refractivity contribution is 0.837. The minimum absolute atomic E-state index is 0.438. The van der Waals surface area contributed by atoms with Crippen molar-refractivity contribution < 1.29 is 0 Å². The lowest BCUT2D eigenvalue weighted by Gasteiger charge is -1.96. The van der Waals surface area contributed by atoms with Gasteiger partial charge in [0, 0.05) is 5.71 Å². The van der Waals surface area contributed by atoms with E-state index < -0.39 is 0 Å². The Hall–Kier alpha value is -1.11. The van der Waals surface area contributed by atoms with Crippen LogP contribution in [0.1, 0.15) is 37.8 Å². The summed E-state index contributed by atoms with van der Waals surface area (Å²) in [4.78, 5) is 4.48. The molecular weight excluding hydrogens is 158 g/mol. The number of nitrogens with zero attached hydrogens (tertiary/aromatic N) is 1. The maximum Gasteiger partial charge on any atom is 0.113 e. The maximum atomic E-state index is 4.48. The van der Waals surface area contributed by atoms with Gasteiger partial charge in [-0.05, 0) is 18.4 Å². The van der Waals surface area contributed by atoms with E-state index in [-0.39, 0.29) is 0 Å². The van der Waals surface area contributed by atoms with Crippen LogP contribution in [0.4, 0.5) is 0 Å². The van der Waals surface area contributed by atoms with Crippen LogP contribution in [0, 0.1) is 0 Å². The van der Waals surface area contributed by atoms with Gasteiger partial charge in [0.15, 0.2) is 0 Å². The van der Waals surface area contributed by atoms with Crippen LogP contribution in [0.3, 0.4) is 0 Å². The summed E-state index contributed by atoms with van der Waals surface area (Å²) in [6.45, 7) is 2.22. The van der Waals surface area contributed by atoms with Gasteiger partial charge in [0.1, 0.15) is 6.04 Å². The van der Waals surface area contributed by atoms with Gasteiger partial charge < -0.3 is 0 Å². The fraction of sp³-hybridized carbons (Fsp3) is 0.417.